The minimum atomic E-state index is -5.95. The zero-order valence-corrected chi connectivity index (χ0v) is 18.8. The van der Waals surface area contributed by atoms with Crippen molar-refractivity contribution in [2.24, 2.45) is 5.10 Å². The number of halogens is 8. The van der Waals surface area contributed by atoms with E-state index in [1.165, 1.54) is 18.2 Å². The van der Waals surface area contributed by atoms with Crippen LogP contribution >= 0.6 is 0 Å². The average Bonchev–Trinajstić information content (AvgIpc) is 3.50. The lowest BCUT2D eigenvalue weighted by Crippen LogP contribution is -2.43. The highest BCUT2D eigenvalue weighted by molar-refractivity contribution is 5.95. The van der Waals surface area contributed by atoms with Crippen LogP contribution in [0.25, 0.3) is 16.8 Å². The molecule has 4 aromatic rings. The predicted octanol–water partition coefficient (Wildman–Crippen LogP) is 6.25. The van der Waals surface area contributed by atoms with Crippen molar-refractivity contribution >= 4 is 11.4 Å². The van der Waals surface area contributed by atoms with Gasteiger partial charge in [-0.3, -0.25) is 5.01 Å². The molecule has 0 aliphatic carbocycles. The zero-order chi connectivity index (χ0) is 27.2. The molecule has 1 aliphatic rings. The van der Waals surface area contributed by atoms with Crippen molar-refractivity contribution in [2.45, 2.75) is 24.6 Å². The second kappa shape index (κ2) is 9.19. The monoisotopic (exact) mass is 538 g/mol. The third-order valence-electron chi connectivity index (χ3n) is 5.94. The summed E-state index contributed by atoms with van der Waals surface area (Å²) in [6.45, 7) is 0. The normalized spacial score (nSPS) is 16.2. The Morgan fingerprint density at radius 1 is 0.816 bits per heavy atom. The highest BCUT2D eigenvalue weighted by Gasteiger charge is 2.63. The predicted molar refractivity (Wildman–Crippen MR) is 119 cm³/mol. The van der Waals surface area contributed by atoms with E-state index in [4.69, 9.17) is 0 Å². The third kappa shape index (κ3) is 4.35. The van der Waals surface area contributed by atoms with Gasteiger partial charge in [-0.05, 0) is 45.8 Å². The van der Waals surface area contributed by atoms with Crippen LogP contribution in [0.15, 0.2) is 71.8 Å². The number of aromatic nitrogens is 4. The lowest BCUT2D eigenvalue weighted by molar-refractivity contribution is -0.249. The van der Waals surface area contributed by atoms with E-state index >= 15 is 0 Å². The van der Waals surface area contributed by atoms with Crippen LogP contribution in [0.3, 0.4) is 0 Å². The molecular formula is C24H14F8N6. The van der Waals surface area contributed by atoms with Crippen LogP contribution in [-0.2, 0) is 0 Å². The first kappa shape index (κ1) is 25.3. The lowest BCUT2D eigenvalue weighted by Gasteiger charge is -2.25. The van der Waals surface area contributed by atoms with Crippen molar-refractivity contribution < 1.29 is 35.1 Å². The quantitative estimate of drug-likeness (QED) is 0.282. The van der Waals surface area contributed by atoms with Crippen LogP contribution in [0.1, 0.15) is 18.0 Å². The fourth-order valence-corrected chi connectivity index (χ4v) is 4.13. The summed E-state index contributed by atoms with van der Waals surface area (Å²) in [6.07, 6.45) is -7.94. The number of anilines is 1. The minimum Gasteiger partial charge on any atom is -0.255 e. The molecule has 14 heteroatoms. The number of hydrogen-bond donors (Lipinski definition) is 0. The van der Waals surface area contributed by atoms with Crippen molar-refractivity contribution in [3.63, 3.8) is 0 Å². The maximum Gasteiger partial charge on any atom is 0.459 e. The van der Waals surface area contributed by atoms with Gasteiger partial charge in [0.15, 0.2) is 5.82 Å². The molecule has 1 aromatic heterocycles. The molecule has 0 N–H and O–H groups in total. The summed E-state index contributed by atoms with van der Waals surface area (Å²) >= 11 is 0. The standard InChI is InChI=1S/C24H14F8N6/c25-15-7-9-19(17(26)11-15)37-20(12-21(34-37)23(28,29)24(30,31)32)14-6-8-18(38-22(27)33-35-36-38)16(10-14)13-4-2-1-3-5-13/h1-11,20H,12H2. The molecule has 196 valence electrons. The van der Waals surface area contributed by atoms with E-state index in [-0.39, 0.29) is 11.3 Å². The van der Waals surface area contributed by atoms with E-state index in [1.807, 2.05) is 0 Å². The highest BCUT2D eigenvalue weighted by atomic mass is 19.4. The van der Waals surface area contributed by atoms with E-state index in [0.29, 0.717) is 22.2 Å². The summed E-state index contributed by atoms with van der Waals surface area (Å²) in [4.78, 5) is 0. The molecule has 2 heterocycles. The van der Waals surface area contributed by atoms with Gasteiger partial charge in [0.2, 0.25) is 0 Å². The number of hydrazone groups is 1. The molecule has 3 aromatic carbocycles. The van der Waals surface area contributed by atoms with Gasteiger partial charge in [-0.1, -0.05) is 41.5 Å². The maximum atomic E-state index is 14.7. The molecule has 0 bridgehead atoms. The van der Waals surface area contributed by atoms with Gasteiger partial charge in [0, 0.05) is 18.1 Å². The fraction of sp³-hybridized carbons (Fsp3) is 0.167. The van der Waals surface area contributed by atoms with E-state index in [1.54, 1.807) is 30.3 Å². The van der Waals surface area contributed by atoms with Crippen molar-refractivity contribution in [3.05, 3.63) is 90.0 Å². The number of benzene rings is 3. The Labute approximate surface area is 208 Å². The summed E-state index contributed by atoms with van der Waals surface area (Å²) < 4.78 is 111. The molecular weight excluding hydrogens is 524 g/mol. The lowest BCUT2D eigenvalue weighted by atomic mass is 9.94. The van der Waals surface area contributed by atoms with Gasteiger partial charge in [-0.2, -0.15) is 36.1 Å². The smallest absolute Gasteiger partial charge is 0.255 e. The van der Waals surface area contributed by atoms with Crippen LogP contribution in [0.4, 0.5) is 40.8 Å². The molecule has 38 heavy (non-hydrogen) atoms. The maximum absolute atomic E-state index is 14.7. The Kier molecular flexibility index (Phi) is 6.12. The molecule has 0 fully saturated rings. The van der Waals surface area contributed by atoms with Gasteiger partial charge in [0.05, 0.1) is 17.4 Å². The SMILES string of the molecule is Fc1ccc(N2N=C(C(F)(F)C(F)(F)F)CC2c2ccc(-n3nnnc3F)c(-c3ccccc3)c2)c(F)c1. The first-order valence-electron chi connectivity index (χ1n) is 10.9. The number of alkyl halides is 5. The second-order valence-electron chi connectivity index (χ2n) is 8.28. The van der Waals surface area contributed by atoms with Gasteiger partial charge in [-0.25, -0.2) is 8.78 Å². The Balaban J connectivity index is 1.67. The molecule has 0 spiro atoms. The Bertz CT molecular complexity index is 1520. The van der Waals surface area contributed by atoms with Crippen molar-refractivity contribution in [2.75, 3.05) is 5.01 Å². The van der Waals surface area contributed by atoms with Crippen molar-refractivity contribution in [1.29, 1.82) is 0 Å². The van der Waals surface area contributed by atoms with Gasteiger partial charge >= 0.3 is 18.2 Å². The molecule has 1 unspecified atom stereocenters. The largest absolute Gasteiger partial charge is 0.459 e. The minimum absolute atomic E-state index is 0.140. The summed E-state index contributed by atoms with van der Waals surface area (Å²) in [6, 6.07) is 13.2. The first-order chi connectivity index (χ1) is 18.0. The molecule has 1 aliphatic heterocycles. The van der Waals surface area contributed by atoms with E-state index < -0.39 is 53.7 Å². The van der Waals surface area contributed by atoms with E-state index in [2.05, 4.69) is 20.6 Å². The van der Waals surface area contributed by atoms with Gasteiger partial charge in [-0.15, -0.1) is 0 Å². The van der Waals surface area contributed by atoms with Gasteiger partial charge in [0.25, 0.3) is 0 Å². The van der Waals surface area contributed by atoms with Crippen LogP contribution in [0, 0.1) is 17.7 Å². The second-order valence-corrected chi connectivity index (χ2v) is 8.28. The van der Waals surface area contributed by atoms with Crippen LogP contribution in [0.5, 0.6) is 0 Å². The Morgan fingerprint density at radius 3 is 2.16 bits per heavy atom. The number of hydrogen-bond acceptors (Lipinski definition) is 5. The summed E-state index contributed by atoms with van der Waals surface area (Å²) in [5.74, 6) is -7.51. The topological polar surface area (TPSA) is 59.2 Å². The molecule has 1 atom stereocenters. The molecule has 0 radical (unpaired) electrons. The van der Waals surface area contributed by atoms with E-state index in [0.717, 1.165) is 16.8 Å². The van der Waals surface area contributed by atoms with Crippen LogP contribution in [-0.4, -0.2) is 38.0 Å². The number of rotatable bonds is 5. The summed E-state index contributed by atoms with van der Waals surface area (Å²) in [5, 5.41) is 14.2. The summed E-state index contributed by atoms with van der Waals surface area (Å²) in [7, 11) is 0. The highest BCUT2D eigenvalue weighted by Crippen LogP contribution is 2.45. The van der Waals surface area contributed by atoms with Gasteiger partial charge in [0.1, 0.15) is 11.5 Å². The van der Waals surface area contributed by atoms with Crippen LogP contribution in [0.2, 0.25) is 0 Å². The van der Waals surface area contributed by atoms with E-state index in [9.17, 15) is 35.1 Å². The van der Waals surface area contributed by atoms with Crippen molar-refractivity contribution in [1.82, 2.24) is 20.2 Å². The average molecular weight is 538 g/mol. The van der Waals surface area contributed by atoms with Gasteiger partial charge < -0.3 is 0 Å². The molecule has 5 rings (SSSR count). The molecule has 0 saturated carbocycles. The number of tetrazole rings is 1. The fourth-order valence-electron chi connectivity index (χ4n) is 4.13. The first-order valence-corrected chi connectivity index (χ1v) is 10.9. The number of nitrogens with zero attached hydrogens (tertiary/aromatic N) is 6. The Morgan fingerprint density at radius 2 is 1.53 bits per heavy atom. The summed E-state index contributed by atoms with van der Waals surface area (Å²) in [5.41, 5.74) is -0.969. The molecule has 0 amide bonds. The van der Waals surface area contributed by atoms with Crippen molar-refractivity contribution in [3.8, 4) is 16.8 Å². The van der Waals surface area contributed by atoms with Crippen LogP contribution < -0.4 is 5.01 Å². The Hall–Kier alpha value is -4.36. The molecule has 0 saturated heterocycles. The third-order valence-corrected chi connectivity index (χ3v) is 5.94. The zero-order valence-electron chi connectivity index (χ0n) is 18.8. The molecule has 6 nitrogen and oxygen atoms in total.